The SMILES string of the molecule is O=C(CCNS(=O)(=O)c1ccc2[nH]c(=O)oc2c1)NCc1ccccc1Cl. The summed E-state index contributed by atoms with van der Waals surface area (Å²) < 4.78 is 31.8. The molecule has 0 aliphatic rings. The Hall–Kier alpha value is -2.62. The molecule has 3 rings (SSSR count). The largest absolute Gasteiger partial charge is 0.417 e. The Morgan fingerprint density at radius 1 is 1.19 bits per heavy atom. The van der Waals surface area contributed by atoms with Gasteiger partial charge in [0.05, 0.1) is 10.4 Å². The van der Waals surface area contributed by atoms with Crippen LogP contribution in [0.3, 0.4) is 0 Å². The number of nitrogens with one attached hydrogen (secondary N) is 3. The highest BCUT2D eigenvalue weighted by Crippen LogP contribution is 2.16. The van der Waals surface area contributed by atoms with Crippen LogP contribution >= 0.6 is 11.6 Å². The number of fused-ring (bicyclic) bond motifs is 1. The van der Waals surface area contributed by atoms with Gasteiger partial charge in [0.15, 0.2) is 5.58 Å². The molecule has 0 aliphatic carbocycles. The second-order valence-corrected chi connectivity index (χ2v) is 7.86. The molecule has 1 amide bonds. The van der Waals surface area contributed by atoms with Crippen molar-refractivity contribution in [1.29, 1.82) is 0 Å². The molecule has 1 aromatic heterocycles. The van der Waals surface area contributed by atoms with Crippen molar-refractivity contribution in [2.45, 2.75) is 17.9 Å². The number of benzene rings is 2. The molecule has 3 N–H and O–H groups in total. The lowest BCUT2D eigenvalue weighted by molar-refractivity contribution is -0.121. The Kier molecular flexibility index (Phi) is 5.64. The zero-order valence-electron chi connectivity index (χ0n) is 14.0. The molecular formula is C17H16ClN3O5S. The molecule has 0 bridgehead atoms. The van der Waals surface area contributed by atoms with Gasteiger partial charge in [-0.25, -0.2) is 17.9 Å². The highest BCUT2D eigenvalue weighted by atomic mass is 35.5. The minimum atomic E-state index is -3.84. The van der Waals surface area contributed by atoms with Gasteiger partial charge in [-0.05, 0) is 23.8 Å². The molecule has 0 saturated carbocycles. The standard InChI is InChI=1S/C17H16ClN3O5S/c18-13-4-2-1-3-11(13)10-19-16(22)7-8-20-27(24,25)12-5-6-14-15(9-12)26-17(23)21-14/h1-6,9,20H,7-8,10H2,(H,19,22)(H,21,23). The van der Waals surface area contributed by atoms with E-state index in [4.69, 9.17) is 16.0 Å². The Morgan fingerprint density at radius 2 is 1.96 bits per heavy atom. The van der Waals surface area contributed by atoms with Gasteiger partial charge >= 0.3 is 5.76 Å². The van der Waals surface area contributed by atoms with Crippen molar-refractivity contribution < 1.29 is 17.6 Å². The van der Waals surface area contributed by atoms with Crippen LogP contribution in [0.2, 0.25) is 5.02 Å². The first-order valence-electron chi connectivity index (χ1n) is 7.98. The Labute approximate surface area is 159 Å². The fraction of sp³-hybridized carbons (Fsp3) is 0.176. The molecule has 3 aromatic rings. The van der Waals surface area contributed by atoms with Crippen LogP contribution in [-0.4, -0.2) is 25.9 Å². The molecule has 0 fully saturated rings. The predicted octanol–water partition coefficient (Wildman–Crippen LogP) is 1.76. The third-order valence-electron chi connectivity index (χ3n) is 3.78. The number of amides is 1. The van der Waals surface area contributed by atoms with Crippen LogP contribution in [0.4, 0.5) is 0 Å². The van der Waals surface area contributed by atoms with Crippen LogP contribution in [0.25, 0.3) is 11.1 Å². The normalized spacial score (nSPS) is 11.6. The first-order valence-corrected chi connectivity index (χ1v) is 9.84. The fourth-order valence-corrected chi connectivity index (χ4v) is 3.65. The average Bonchev–Trinajstić information content (AvgIpc) is 3.00. The van der Waals surface area contributed by atoms with Gasteiger partial charge in [-0.15, -0.1) is 0 Å². The summed E-state index contributed by atoms with van der Waals surface area (Å²) in [5.74, 6) is -0.979. The lowest BCUT2D eigenvalue weighted by Gasteiger charge is -2.08. The minimum Gasteiger partial charge on any atom is -0.408 e. The van der Waals surface area contributed by atoms with E-state index < -0.39 is 15.8 Å². The summed E-state index contributed by atoms with van der Waals surface area (Å²) in [7, 11) is -3.84. The number of carbonyl (C=O) groups excluding carboxylic acids is 1. The van der Waals surface area contributed by atoms with Crippen molar-refractivity contribution in [3.8, 4) is 0 Å². The van der Waals surface area contributed by atoms with Crippen LogP contribution in [-0.2, 0) is 21.4 Å². The number of oxazole rings is 1. The van der Waals surface area contributed by atoms with Gasteiger partial charge < -0.3 is 9.73 Å². The second-order valence-electron chi connectivity index (χ2n) is 5.69. The number of hydrogen-bond donors (Lipinski definition) is 3. The van der Waals surface area contributed by atoms with Crippen LogP contribution in [0, 0.1) is 0 Å². The van der Waals surface area contributed by atoms with E-state index in [2.05, 4.69) is 15.0 Å². The van der Waals surface area contributed by atoms with Gasteiger partial charge in [0.25, 0.3) is 0 Å². The van der Waals surface area contributed by atoms with Crippen molar-refractivity contribution in [3.63, 3.8) is 0 Å². The van der Waals surface area contributed by atoms with E-state index in [9.17, 15) is 18.0 Å². The maximum absolute atomic E-state index is 12.3. The number of aromatic amines is 1. The third-order valence-corrected chi connectivity index (χ3v) is 5.61. The molecule has 27 heavy (non-hydrogen) atoms. The van der Waals surface area contributed by atoms with Crippen molar-refractivity contribution in [1.82, 2.24) is 15.0 Å². The number of hydrogen-bond acceptors (Lipinski definition) is 5. The van der Waals surface area contributed by atoms with Crippen molar-refractivity contribution in [2.75, 3.05) is 6.54 Å². The quantitative estimate of drug-likeness (QED) is 0.549. The number of carbonyl (C=O) groups is 1. The van der Waals surface area contributed by atoms with Crippen LogP contribution in [0.1, 0.15) is 12.0 Å². The molecular weight excluding hydrogens is 394 g/mol. The summed E-state index contributed by atoms with van der Waals surface area (Å²) >= 11 is 6.01. The average molecular weight is 410 g/mol. The Morgan fingerprint density at radius 3 is 2.74 bits per heavy atom. The third kappa shape index (κ3) is 4.76. The van der Waals surface area contributed by atoms with Crippen LogP contribution < -0.4 is 15.8 Å². The second kappa shape index (κ2) is 7.95. The molecule has 0 atom stereocenters. The smallest absolute Gasteiger partial charge is 0.408 e. The summed E-state index contributed by atoms with van der Waals surface area (Å²) in [4.78, 5) is 25.4. The topological polar surface area (TPSA) is 121 Å². The predicted molar refractivity (Wildman–Crippen MR) is 99.9 cm³/mol. The van der Waals surface area contributed by atoms with Gasteiger partial charge in [-0.2, -0.15) is 0 Å². The van der Waals surface area contributed by atoms with Crippen LogP contribution in [0.5, 0.6) is 0 Å². The number of rotatable bonds is 7. The molecule has 10 heteroatoms. The molecule has 0 spiro atoms. The summed E-state index contributed by atoms with van der Waals surface area (Å²) in [6, 6.07) is 11.1. The van der Waals surface area contributed by atoms with Gasteiger partial charge in [-0.3, -0.25) is 9.78 Å². The number of sulfonamides is 1. The molecule has 0 saturated heterocycles. The zero-order chi connectivity index (χ0) is 19.4. The first kappa shape index (κ1) is 19.2. The summed E-state index contributed by atoms with van der Waals surface area (Å²) in [6.07, 6.45) is -0.0365. The maximum Gasteiger partial charge on any atom is 0.417 e. The van der Waals surface area contributed by atoms with E-state index in [0.717, 1.165) is 5.56 Å². The molecule has 0 aliphatic heterocycles. The number of aromatic nitrogens is 1. The molecule has 142 valence electrons. The van der Waals surface area contributed by atoms with Gasteiger partial charge in [-0.1, -0.05) is 29.8 Å². The maximum atomic E-state index is 12.3. The summed E-state index contributed by atoms with van der Waals surface area (Å²) in [6.45, 7) is 0.181. The van der Waals surface area contributed by atoms with E-state index in [1.165, 1.54) is 18.2 Å². The van der Waals surface area contributed by atoms with E-state index in [1.54, 1.807) is 18.2 Å². The molecule has 2 aromatic carbocycles. The van der Waals surface area contributed by atoms with Gasteiger partial charge in [0, 0.05) is 30.6 Å². The Bertz CT molecular complexity index is 1140. The summed E-state index contributed by atoms with van der Waals surface area (Å²) in [5, 5.41) is 3.23. The lowest BCUT2D eigenvalue weighted by Crippen LogP contribution is -2.30. The molecule has 8 nitrogen and oxygen atoms in total. The van der Waals surface area contributed by atoms with Crippen molar-refractivity contribution in [2.24, 2.45) is 0 Å². The number of halogens is 1. The highest BCUT2D eigenvalue weighted by Gasteiger charge is 2.16. The lowest BCUT2D eigenvalue weighted by atomic mass is 10.2. The van der Waals surface area contributed by atoms with Crippen LogP contribution in [0.15, 0.2) is 56.6 Å². The summed E-state index contributed by atoms with van der Waals surface area (Å²) in [5.41, 5.74) is 1.31. The van der Waals surface area contributed by atoms with Crippen molar-refractivity contribution in [3.05, 3.63) is 63.6 Å². The van der Waals surface area contributed by atoms with Gasteiger partial charge in [0.1, 0.15) is 0 Å². The minimum absolute atomic E-state index is 0.0365. The Balaban J connectivity index is 1.54. The van der Waals surface area contributed by atoms with Crippen molar-refractivity contribution >= 4 is 38.6 Å². The van der Waals surface area contributed by atoms with E-state index in [-0.39, 0.29) is 35.9 Å². The molecule has 1 heterocycles. The first-order chi connectivity index (χ1) is 12.8. The highest BCUT2D eigenvalue weighted by molar-refractivity contribution is 7.89. The van der Waals surface area contributed by atoms with Gasteiger partial charge in [0.2, 0.25) is 15.9 Å². The number of H-pyrrole nitrogens is 1. The molecule has 0 unspecified atom stereocenters. The van der Waals surface area contributed by atoms with E-state index >= 15 is 0 Å². The molecule has 0 radical (unpaired) electrons. The van der Waals surface area contributed by atoms with E-state index in [0.29, 0.717) is 10.5 Å². The zero-order valence-corrected chi connectivity index (χ0v) is 15.6. The monoisotopic (exact) mass is 409 g/mol. The van der Waals surface area contributed by atoms with E-state index in [1.807, 2.05) is 6.07 Å². The fourth-order valence-electron chi connectivity index (χ4n) is 2.40.